The summed E-state index contributed by atoms with van der Waals surface area (Å²) in [5.41, 5.74) is 0. The summed E-state index contributed by atoms with van der Waals surface area (Å²) in [5, 5.41) is 9.00. The standard InChI is InChI=1S/C7H14O2/c1-3-7(9)4-6(2)5-8/h5-7,9H,3-4H2,1-2H3/t6-,7+/m0/s1. The fourth-order valence-corrected chi connectivity index (χ4v) is 0.651. The van der Waals surface area contributed by atoms with Gasteiger partial charge in [0.25, 0.3) is 0 Å². The van der Waals surface area contributed by atoms with Gasteiger partial charge in [-0.3, -0.25) is 0 Å². The molecule has 0 aliphatic carbocycles. The molecule has 0 unspecified atom stereocenters. The second-order valence-electron chi connectivity index (χ2n) is 2.41. The number of aliphatic hydroxyl groups is 1. The summed E-state index contributed by atoms with van der Waals surface area (Å²) in [7, 11) is 0. The van der Waals surface area contributed by atoms with Crippen LogP contribution in [0.4, 0.5) is 0 Å². The van der Waals surface area contributed by atoms with E-state index in [4.69, 9.17) is 5.11 Å². The van der Waals surface area contributed by atoms with Crippen molar-refractivity contribution in [3.63, 3.8) is 0 Å². The number of hydrogen-bond acceptors (Lipinski definition) is 2. The zero-order valence-corrected chi connectivity index (χ0v) is 6.00. The Morgan fingerprint density at radius 1 is 1.67 bits per heavy atom. The van der Waals surface area contributed by atoms with E-state index in [1.54, 1.807) is 0 Å². The van der Waals surface area contributed by atoms with Crippen LogP contribution >= 0.6 is 0 Å². The average molecular weight is 130 g/mol. The largest absolute Gasteiger partial charge is 0.393 e. The molecule has 0 aromatic rings. The van der Waals surface area contributed by atoms with E-state index in [9.17, 15) is 4.79 Å². The van der Waals surface area contributed by atoms with Gasteiger partial charge in [0, 0.05) is 5.92 Å². The fourth-order valence-electron chi connectivity index (χ4n) is 0.651. The van der Waals surface area contributed by atoms with Gasteiger partial charge in [-0.15, -0.1) is 0 Å². The van der Waals surface area contributed by atoms with E-state index in [0.29, 0.717) is 6.42 Å². The lowest BCUT2D eigenvalue weighted by Crippen LogP contribution is -2.10. The minimum absolute atomic E-state index is 0.0000463. The monoisotopic (exact) mass is 130 g/mol. The molecule has 0 aromatic carbocycles. The smallest absolute Gasteiger partial charge is 0.122 e. The minimum atomic E-state index is -0.301. The first kappa shape index (κ1) is 8.63. The van der Waals surface area contributed by atoms with Gasteiger partial charge in [-0.25, -0.2) is 0 Å². The number of carbonyl (C=O) groups excluding carboxylic acids is 1. The highest BCUT2D eigenvalue weighted by atomic mass is 16.3. The second kappa shape index (κ2) is 4.50. The maximum atomic E-state index is 10.0. The first-order chi connectivity index (χ1) is 4.20. The number of rotatable bonds is 4. The van der Waals surface area contributed by atoms with Crippen LogP contribution in [0.3, 0.4) is 0 Å². The molecular weight excluding hydrogens is 116 g/mol. The van der Waals surface area contributed by atoms with Crippen LogP contribution in [-0.4, -0.2) is 17.5 Å². The fraction of sp³-hybridized carbons (Fsp3) is 0.857. The lowest BCUT2D eigenvalue weighted by atomic mass is 10.0. The van der Waals surface area contributed by atoms with Crippen LogP contribution in [0, 0.1) is 5.92 Å². The van der Waals surface area contributed by atoms with Gasteiger partial charge in [0.2, 0.25) is 0 Å². The van der Waals surface area contributed by atoms with Gasteiger partial charge in [-0.2, -0.15) is 0 Å². The molecule has 0 saturated heterocycles. The molecule has 0 rings (SSSR count). The van der Waals surface area contributed by atoms with E-state index in [1.807, 2.05) is 13.8 Å². The molecule has 54 valence electrons. The van der Waals surface area contributed by atoms with E-state index in [1.165, 1.54) is 0 Å². The van der Waals surface area contributed by atoms with E-state index in [0.717, 1.165) is 12.7 Å². The lowest BCUT2D eigenvalue weighted by Gasteiger charge is -2.07. The highest BCUT2D eigenvalue weighted by Crippen LogP contribution is 2.04. The van der Waals surface area contributed by atoms with Crippen LogP contribution in [0.2, 0.25) is 0 Å². The number of hydrogen-bond donors (Lipinski definition) is 1. The molecule has 2 heteroatoms. The van der Waals surface area contributed by atoms with Gasteiger partial charge in [-0.1, -0.05) is 13.8 Å². The summed E-state index contributed by atoms with van der Waals surface area (Å²) in [4.78, 5) is 10.0. The lowest BCUT2D eigenvalue weighted by molar-refractivity contribution is -0.111. The SMILES string of the molecule is CC[C@@H](O)C[C@H](C)C=O. The first-order valence-corrected chi connectivity index (χ1v) is 3.34. The van der Waals surface area contributed by atoms with Crippen molar-refractivity contribution >= 4 is 6.29 Å². The first-order valence-electron chi connectivity index (χ1n) is 3.34. The Morgan fingerprint density at radius 2 is 2.22 bits per heavy atom. The Bertz CT molecular complexity index is 81.0. The highest BCUT2D eigenvalue weighted by molar-refractivity contribution is 5.52. The molecule has 0 heterocycles. The Hall–Kier alpha value is -0.370. The van der Waals surface area contributed by atoms with Crippen molar-refractivity contribution in [1.82, 2.24) is 0 Å². The van der Waals surface area contributed by atoms with Crippen LogP contribution in [-0.2, 0) is 4.79 Å². The highest BCUT2D eigenvalue weighted by Gasteiger charge is 2.05. The zero-order valence-electron chi connectivity index (χ0n) is 6.00. The summed E-state index contributed by atoms with van der Waals surface area (Å²) < 4.78 is 0. The second-order valence-corrected chi connectivity index (χ2v) is 2.41. The van der Waals surface area contributed by atoms with Crippen molar-refractivity contribution in [3.8, 4) is 0 Å². The molecule has 9 heavy (non-hydrogen) atoms. The summed E-state index contributed by atoms with van der Waals surface area (Å²) in [5.74, 6) is -0.0000463. The van der Waals surface area contributed by atoms with Crippen LogP contribution < -0.4 is 0 Å². The summed E-state index contributed by atoms with van der Waals surface area (Å²) in [6.45, 7) is 3.72. The summed E-state index contributed by atoms with van der Waals surface area (Å²) >= 11 is 0. The Kier molecular flexibility index (Phi) is 4.32. The Balaban J connectivity index is 3.33. The topological polar surface area (TPSA) is 37.3 Å². The molecule has 1 N–H and O–H groups in total. The molecule has 0 spiro atoms. The normalized spacial score (nSPS) is 16.8. The van der Waals surface area contributed by atoms with E-state index >= 15 is 0 Å². The van der Waals surface area contributed by atoms with Crippen molar-refractivity contribution in [2.75, 3.05) is 0 Å². The molecule has 0 radical (unpaired) electrons. The van der Waals surface area contributed by atoms with E-state index in [-0.39, 0.29) is 12.0 Å². The third kappa shape index (κ3) is 4.15. The molecule has 0 fully saturated rings. The average Bonchev–Trinajstić information content (AvgIpc) is 1.87. The molecule has 0 aliphatic rings. The number of aldehydes is 1. The number of carbonyl (C=O) groups is 1. The third-order valence-electron chi connectivity index (χ3n) is 1.35. The van der Waals surface area contributed by atoms with Crippen molar-refractivity contribution in [1.29, 1.82) is 0 Å². The van der Waals surface area contributed by atoms with Gasteiger partial charge in [0.05, 0.1) is 6.10 Å². The predicted octanol–water partition coefficient (Wildman–Crippen LogP) is 0.982. The van der Waals surface area contributed by atoms with Gasteiger partial charge < -0.3 is 9.90 Å². The van der Waals surface area contributed by atoms with Gasteiger partial charge in [0.1, 0.15) is 6.29 Å². The summed E-state index contributed by atoms with van der Waals surface area (Å²) in [6, 6.07) is 0. The van der Waals surface area contributed by atoms with E-state index < -0.39 is 0 Å². The quantitative estimate of drug-likeness (QED) is 0.576. The van der Waals surface area contributed by atoms with Crippen molar-refractivity contribution < 1.29 is 9.90 Å². The maximum absolute atomic E-state index is 10.0. The molecule has 0 bridgehead atoms. The van der Waals surface area contributed by atoms with Gasteiger partial charge in [-0.05, 0) is 12.8 Å². The molecule has 2 nitrogen and oxygen atoms in total. The molecule has 2 atom stereocenters. The Morgan fingerprint density at radius 3 is 2.56 bits per heavy atom. The van der Waals surface area contributed by atoms with Crippen LogP contribution in [0.5, 0.6) is 0 Å². The molecule has 0 aliphatic heterocycles. The number of aliphatic hydroxyl groups excluding tert-OH is 1. The maximum Gasteiger partial charge on any atom is 0.122 e. The molecule has 0 saturated carbocycles. The van der Waals surface area contributed by atoms with Gasteiger partial charge in [0.15, 0.2) is 0 Å². The van der Waals surface area contributed by atoms with Gasteiger partial charge >= 0.3 is 0 Å². The molecule has 0 amide bonds. The summed E-state index contributed by atoms with van der Waals surface area (Å²) in [6.07, 6.45) is 1.90. The van der Waals surface area contributed by atoms with Crippen molar-refractivity contribution in [2.24, 2.45) is 5.92 Å². The molecular formula is C7H14O2. The van der Waals surface area contributed by atoms with Crippen LogP contribution in [0.15, 0.2) is 0 Å². The molecule has 0 aromatic heterocycles. The zero-order chi connectivity index (χ0) is 7.28. The predicted molar refractivity (Wildman–Crippen MR) is 36.1 cm³/mol. The third-order valence-corrected chi connectivity index (χ3v) is 1.35. The Labute approximate surface area is 55.9 Å². The van der Waals surface area contributed by atoms with Crippen LogP contribution in [0.25, 0.3) is 0 Å². The van der Waals surface area contributed by atoms with Crippen LogP contribution in [0.1, 0.15) is 26.7 Å². The van der Waals surface area contributed by atoms with Crippen molar-refractivity contribution in [3.05, 3.63) is 0 Å². The van der Waals surface area contributed by atoms with E-state index in [2.05, 4.69) is 0 Å². The van der Waals surface area contributed by atoms with Crippen molar-refractivity contribution in [2.45, 2.75) is 32.8 Å². The minimum Gasteiger partial charge on any atom is -0.393 e.